The van der Waals surface area contributed by atoms with E-state index in [1.54, 1.807) is 13.8 Å². The number of benzene rings is 3. The maximum Gasteiger partial charge on any atom is 0.338 e. The first kappa shape index (κ1) is 27.3. The molecule has 1 aliphatic heterocycles. The van der Waals surface area contributed by atoms with Crippen LogP contribution in [0.25, 0.3) is 11.1 Å². The molecule has 204 valence electrons. The van der Waals surface area contributed by atoms with Crippen LogP contribution >= 0.6 is 7.60 Å². The van der Waals surface area contributed by atoms with Crippen molar-refractivity contribution in [2.75, 3.05) is 30.8 Å². The van der Waals surface area contributed by atoms with Crippen molar-refractivity contribution in [3.8, 4) is 11.1 Å². The first-order valence-corrected chi connectivity index (χ1v) is 15.3. The topological polar surface area (TPSA) is 93.1 Å². The van der Waals surface area contributed by atoms with Gasteiger partial charge in [0.05, 0.1) is 13.2 Å². The quantitative estimate of drug-likeness (QED) is 0.231. The number of hydrogen-bond acceptors (Lipinski definition) is 6. The van der Waals surface area contributed by atoms with E-state index < -0.39 is 37.5 Å². The molecular weight excluding hydrogens is 513 g/mol. The molecule has 3 atom stereocenters. The third kappa shape index (κ3) is 5.19. The summed E-state index contributed by atoms with van der Waals surface area (Å²) in [4.78, 5) is 28.2. The van der Waals surface area contributed by atoms with Gasteiger partial charge in [-0.1, -0.05) is 66.7 Å². The third-order valence-electron chi connectivity index (χ3n) is 7.67. The van der Waals surface area contributed by atoms with Gasteiger partial charge in [-0.3, -0.25) is 9.36 Å². The molecule has 1 saturated heterocycles. The zero-order valence-electron chi connectivity index (χ0n) is 22.3. The maximum atomic E-state index is 13.5. The SMILES string of the molecule is CCOP(=O)(CC(=O)[C@H]1CCCN(c2cccc3c2C(c2ccccc2)c2ccccc2-3)[C@H]1C(=O)O)OCC. The lowest BCUT2D eigenvalue weighted by Gasteiger charge is -2.41. The van der Waals surface area contributed by atoms with Crippen LogP contribution in [-0.4, -0.2) is 48.8 Å². The van der Waals surface area contributed by atoms with Crippen molar-refractivity contribution in [2.45, 2.75) is 38.6 Å². The monoisotopic (exact) mass is 547 g/mol. The van der Waals surface area contributed by atoms with Crippen LogP contribution in [0.1, 0.15) is 49.3 Å². The van der Waals surface area contributed by atoms with Gasteiger partial charge < -0.3 is 19.1 Å². The summed E-state index contributed by atoms with van der Waals surface area (Å²) in [6.45, 7) is 4.16. The lowest BCUT2D eigenvalue weighted by atomic mass is 9.83. The fourth-order valence-corrected chi connectivity index (χ4v) is 7.88. The van der Waals surface area contributed by atoms with E-state index in [4.69, 9.17) is 9.05 Å². The Kier molecular flexibility index (Phi) is 8.03. The average molecular weight is 548 g/mol. The number of carbonyl (C=O) groups excluding carboxylic acids is 1. The summed E-state index contributed by atoms with van der Waals surface area (Å²) < 4.78 is 23.8. The van der Waals surface area contributed by atoms with E-state index in [-0.39, 0.29) is 19.1 Å². The molecule has 39 heavy (non-hydrogen) atoms. The molecule has 3 aromatic rings. The van der Waals surface area contributed by atoms with Crippen molar-refractivity contribution in [1.29, 1.82) is 0 Å². The molecule has 2 aliphatic rings. The molecule has 0 amide bonds. The highest BCUT2D eigenvalue weighted by atomic mass is 31.2. The number of fused-ring (bicyclic) bond motifs is 3. The second-order valence-corrected chi connectivity index (χ2v) is 12.0. The zero-order valence-corrected chi connectivity index (χ0v) is 23.2. The van der Waals surface area contributed by atoms with Gasteiger partial charge in [-0.15, -0.1) is 0 Å². The van der Waals surface area contributed by atoms with Gasteiger partial charge in [0, 0.05) is 24.1 Å². The summed E-state index contributed by atoms with van der Waals surface area (Å²) in [5, 5.41) is 10.5. The molecule has 5 rings (SSSR count). The van der Waals surface area contributed by atoms with Gasteiger partial charge in [-0.05, 0) is 60.6 Å². The summed E-state index contributed by atoms with van der Waals surface area (Å²) in [6, 6.07) is 23.4. The summed E-state index contributed by atoms with van der Waals surface area (Å²) >= 11 is 0. The van der Waals surface area contributed by atoms with Crippen LogP contribution in [0.3, 0.4) is 0 Å². The summed E-state index contributed by atoms with van der Waals surface area (Å²) in [5.41, 5.74) is 6.39. The van der Waals surface area contributed by atoms with Crippen molar-refractivity contribution < 1.29 is 28.3 Å². The molecule has 1 heterocycles. The Labute approximate surface area is 229 Å². The molecule has 0 radical (unpaired) electrons. The number of rotatable bonds is 10. The van der Waals surface area contributed by atoms with Gasteiger partial charge in [-0.2, -0.15) is 0 Å². The van der Waals surface area contributed by atoms with E-state index in [1.165, 1.54) is 5.56 Å². The lowest BCUT2D eigenvalue weighted by Crippen LogP contribution is -2.53. The van der Waals surface area contributed by atoms with E-state index in [1.807, 2.05) is 47.4 Å². The normalized spacial score (nSPS) is 20.4. The molecule has 0 aromatic heterocycles. The Bertz CT molecular complexity index is 1400. The molecule has 1 unspecified atom stereocenters. The fourth-order valence-electron chi connectivity index (χ4n) is 6.22. The minimum absolute atomic E-state index is 0.0600. The molecule has 0 bridgehead atoms. The Morgan fingerprint density at radius 3 is 2.28 bits per heavy atom. The summed E-state index contributed by atoms with van der Waals surface area (Å²) in [5.74, 6) is -2.36. The van der Waals surface area contributed by atoms with E-state index in [0.717, 1.165) is 27.9 Å². The minimum Gasteiger partial charge on any atom is -0.480 e. The number of piperidine rings is 1. The molecule has 1 aliphatic carbocycles. The fraction of sp³-hybridized carbons (Fsp3) is 0.355. The van der Waals surface area contributed by atoms with Crippen LogP contribution in [0.4, 0.5) is 5.69 Å². The average Bonchev–Trinajstić information content (AvgIpc) is 3.28. The minimum atomic E-state index is -3.65. The van der Waals surface area contributed by atoms with E-state index in [2.05, 4.69) is 30.3 Å². The number of hydrogen-bond donors (Lipinski definition) is 1. The molecule has 1 N–H and O–H groups in total. The maximum absolute atomic E-state index is 13.5. The van der Waals surface area contributed by atoms with Gasteiger partial charge in [0.1, 0.15) is 12.2 Å². The molecule has 8 heteroatoms. The summed E-state index contributed by atoms with van der Waals surface area (Å²) in [6.07, 6.45) is 0.615. The Morgan fingerprint density at radius 1 is 0.923 bits per heavy atom. The number of nitrogens with zero attached hydrogens (tertiary/aromatic N) is 1. The lowest BCUT2D eigenvalue weighted by molar-refractivity contribution is -0.143. The standard InChI is InChI=1S/C31H34NO6P/c1-3-37-39(36,38-4-2)20-27(33)25-17-11-19-32(30(25)31(34)35)26-18-10-16-24-22-14-8-9-15-23(22)28(29(24)26)21-12-6-5-7-13-21/h5-10,12-16,18,25,28,30H,3-4,11,17,19-20H2,1-2H3,(H,34,35)/t25-,28?,30-/m1/s1. The van der Waals surface area contributed by atoms with E-state index >= 15 is 0 Å². The number of Topliss-reactive ketones (excluding diaryl/α,β-unsaturated/α-hetero) is 1. The molecule has 7 nitrogen and oxygen atoms in total. The largest absolute Gasteiger partial charge is 0.480 e. The Morgan fingerprint density at radius 2 is 1.59 bits per heavy atom. The highest BCUT2D eigenvalue weighted by molar-refractivity contribution is 7.54. The predicted molar refractivity (Wildman–Crippen MR) is 151 cm³/mol. The number of carbonyl (C=O) groups is 2. The first-order chi connectivity index (χ1) is 18.9. The molecule has 0 saturated carbocycles. The van der Waals surface area contributed by atoms with Gasteiger partial charge in [0.25, 0.3) is 0 Å². The number of carboxylic acids is 1. The number of anilines is 1. The zero-order chi connectivity index (χ0) is 27.6. The summed E-state index contributed by atoms with van der Waals surface area (Å²) in [7, 11) is -3.65. The third-order valence-corrected chi connectivity index (χ3v) is 9.68. The highest BCUT2D eigenvalue weighted by Crippen LogP contribution is 2.53. The van der Waals surface area contributed by atoms with Crippen molar-refractivity contribution >= 4 is 25.0 Å². The number of aliphatic carboxylic acids is 1. The second kappa shape index (κ2) is 11.5. The Hall–Kier alpha value is -3.25. The second-order valence-electron chi connectivity index (χ2n) is 9.97. The van der Waals surface area contributed by atoms with E-state index in [0.29, 0.717) is 19.4 Å². The first-order valence-electron chi connectivity index (χ1n) is 13.6. The van der Waals surface area contributed by atoms with Gasteiger partial charge >= 0.3 is 13.6 Å². The van der Waals surface area contributed by atoms with Gasteiger partial charge in [-0.25, -0.2) is 4.79 Å². The van der Waals surface area contributed by atoms with Crippen molar-refractivity contribution in [2.24, 2.45) is 5.92 Å². The van der Waals surface area contributed by atoms with Gasteiger partial charge in [0.15, 0.2) is 5.78 Å². The Balaban J connectivity index is 1.57. The highest BCUT2D eigenvalue weighted by Gasteiger charge is 2.45. The number of carboxylic acid groups (broad SMARTS) is 1. The molecule has 1 fully saturated rings. The number of ketones is 1. The van der Waals surface area contributed by atoms with Crippen molar-refractivity contribution in [3.05, 3.63) is 89.5 Å². The van der Waals surface area contributed by atoms with E-state index in [9.17, 15) is 19.3 Å². The van der Waals surface area contributed by atoms with Crippen LogP contribution in [0, 0.1) is 5.92 Å². The van der Waals surface area contributed by atoms with Crippen molar-refractivity contribution in [3.63, 3.8) is 0 Å². The van der Waals surface area contributed by atoms with Crippen LogP contribution < -0.4 is 4.90 Å². The molecule has 0 spiro atoms. The van der Waals surface area contributed by atoms with Gasteiger partial charge in [0.2, 0.25) is 0 Å². The van der Waals surface area contributed by atoms with Crippen LogP contribution in [0.5, 0.6) is 0 Å². The van der Waals surface area contributed by atoms with Crippen LogP contribution in [-0.2, 0) is 23.2 Å². The van der Waals surface area contributed by atoms with Crippen LogP contribution in [0.2, 0.25) is 0 Å². The molecular formula is C31H34NO6P. The smallest absolute Gasteiger partial charge is 0.338 e. The van der Waals surface area contributed by atoms with Crippen molar-refractivity contribution in [1.82, 2.24) is 0 Å². The molecule has 3 aromatic carbocycles. The predicted octanol–water partition coefficient (Wildman–Crippen LogP) is 6.35. The van der Waals surface area contributed by atoms with Crippen LogP contribution in [0.15, 0.2) is 72.8 Å².